The van der Waals surface area contributed by atoms with E-state index in [4.69, 9.17) is 21.4 Å². The number of hydrogen-bond donors (Lipinski definition) is 1. The molecular weight excluding hydrogens is 434 g/mol. The van der Waals surface area contributed by atoms with Crippen LogP contribution in [0.4, 0.5) is 8.78 Å². The lowest BCUT2D eigenvalue weighted by Crippen LogP contribution is -2.11. The van der Waals surface area contributed by atoms with Gasteiger partial charge >= 0.3 is 5.97 Å². The molecule has 0 fully saturated rings. The summed E-state index contributed by atoms with van der Waals surface area (Å²) in [7, 11) is -3.45. The molecule has 0 saturated carbocycles. The Bertz CT molecular complexity index is 988. The van der Waals surface area contributed by atoms with Crippen molar-refractivity contribution in [2.75, 3.05) is 12.4 Å². The Morgan fingerprint density at radius 1 is 1.21 bits per heavy atom. The Kier molecular flexibility index (Phi) is 6.95. The summed E-state index contributed by atoms with van der Waals surface area (Å²) < 4.78 is 56.5. The number of hydrogen-bond acceptors (Lipinski definition) is 5. The average molecular weight is 451 g/mol. The fourth-order valence-corrected chi connectivity index (χ4v) is 4.37. The van der Waals surface area contributed by atoms with Crippen LogP contribution < -0.4 is 4.74 Å². The third-order valence-electron chi connectivity index (χ3n) is 3.66. The van der Waals surface area contributed by atoms with Crippen molar-refractivity contribution in [2.24, 2.45) is 0 Å². The number of alkyl halides is 2. The Morgan fingerprint density at radius 2 is 1.89 bits per heavy atom. The third kappa shape index (κ3) is 5.59. The van der Waals surface area contributed by atoms with E-state index in [1.807, 2.05) is 0 Å². The highest BCUT2D eigenvalue weighted by molar-refractivity contribution is 7.99. The molecule has 0 aliphatic carbocycles. The Hall–Kier alpha value is -1.84. The first-order valence-electron chi connectivity index (χ1n) is 8.01. The number of benzene rings is 2. The molecule has 0 saturated heterocycles. The van der Waals surface area contributed by atoms with Crippen LogP contribution in [-0.4, -0.2) is 31.9 Å². The maximum Gasteiger partial charge on any atom is 0.341 e. The minimum atomic E-state index is -3.45. The zero-order chi connectivity index (χ0) is 21.1. The Morgan fingerprint density at radius 3 is 2.43 bits per heavy atom. The fraction of sp³-hybridized carbons (Fsp3) is 0.278. The number of rotatable bonds is 8. The smallest absolute Gasteiger partial charge is 0.341 e. The van der Waals surface area contributed by atoms with Crippen LogP contribution in [0.15, 0.2) is 51.1 Å². The molecule has 5 nitrogen and oxygen atoms in total. The van der Waals surface area contributed by atoms with E-state index >= 15 is 0 Å². The zero-order valence-electron chi connectivity index (χ0n) is 14.9. The van der Waals surface area contributed by atoms with Crippen LogP contribution in [0.2, 0.25) is 5.02 Å². The van der Waals surface area contributed by atoms with Gasteiger partial charge in [0.2, 0.25) is 0 Å². The van der Waals surface area contributed by atoms with Crippen LogP contribution >= 0.6 is 23.4 Å². The summed E-state index contributed by atoms with van der Waals surface area (Å²) in [5.74, 6) is -4.31. The third-order valence-corrected chi connectivity index (χ3v) is 6.94. The van der Waals surface area contributed by atoms with Gasteiger partial charge in [0.1, 0.15) is 5.75 Å². The monoisotopic (exact) mass is 450 g/mol. The van der Waals surface area contributed by atoms with Crippen molar-refractivity contribution in [2.45, 2.75) is 34.5 Å². The molecule has 152 valence electrons. The molecule has 1 N–H and O–H groups in total. The summed E-state index contributed by atoms with van der Waals surface area (Å²) in [5.41, 5.74) is -0.279. The van der Waals surface area contributed by atoms with Gasteiger partial charge in [-0.3, -0.25) is 0 Å². The van der Waals surface area contributed by atoms with E-state index < -0.39 is 28.3 Å². The standard InChI is InChI=1S/C18H17ClF2O5S2/c1-3-28(24,25)12-5-7-15(13(19)9-12)27-16-8-11(18(2,20)21)4-6-14(16)26-10-17(22)23/h4-9H,3,10H2,1-2H3,(H,22,23). The van der Waals surface area contributed by atoms with Crippen LogP contribution in [0, 0.1) is 0 Å². The number of ether oxygens (including phenoxy) is 1. The van der Waals surface area contributed by atoms with Crippen molar-refractivity contribution in [3.05, 3.63) is 47.0 Å². The van der Waals surface area contributed by atoms with Gasteiger partial charge in [0, 0.05) is 17.4 Å². The van der Waals surface area contributed by atoms with Crippen LogP contribution in [-0.2, 0) is 20.6 Å². The summed E-state index contributed by atoms with van der Waals surface area (Å²) in [5, 5.41) is 8.91. The van der Waals surface area contributed by atoms with E-state index in [9.17, 15) is 22.0 Å². The second-order valence-electron chi connectivity index (χ2n) is 5.83. The topological polar surface area (TPSA) is 80.7 Å². The fourth-order valence-electron chi connectivity index (χ4n) is 2.16. The molecule has 2 rings (SSSR count). The van der Waals surface area contributed by atoms with Crippen molar-refractivity contribution >= 4 is 39.2 Å². The molecule has 0 unspecified atom stereocenters. The zero-order valence-corrected chi connectivity index (χ0v) is 17.3. The van der Waals surface area contributed by atoms with Crippen molar-refractivity contribution < 1.29 is 31.8 Å². The first-order chi connectivity index (χ1) is 12.9. The second-order valence-corrected chi connectivity index (χ2v) is 9.60. The van der Waals surface area contributed by atoms with Gasteiger partial charge in [0.15, 0.2) is 16.4 Å². The molecule has 0 bridgehead atoms. The van der Waals surface area contributed by atoms with Gasteiger partial charge in [-0.15, -0.1) is 0 Å². The lowest BCUT2D eigenvalue weighted by molar-refractivity contribution is -0.139. The van der Waals surface area contributed by atoms with Gasteiger partial charge in [0.05, 0.1) is 20.6 Å². The first-order valence-corrected chi connectivity index (χ1v) is 10.9. The minimum absolute atomic E-state index is 0.0561. The van der Waals surface area contributed by atoms with Crippen LogP contribution in [0.3, 0.4) is 0 Å². The molecule has 0 atom stereocenters. The molecule has 0 aliphatic heterocycles. The molecule has 28 heavy (non-hydrogen) atoms. The molecule has 0 heterocycles. The predicted octanol–water partition coefficient (Wildman–Crippen LogP) is 4.86. The number of carboxylic acid groups (broad SMARTS) is 1. The quantitative estimate of drug-likeness (QED) is 0.618. The van der Waals surface area contributed by atoms with E-state index in [0.29, 0.717) is 4.90 Å². The molecule has 0 aromatic heterocycles. The van der Waals surface area contributed by atoms with Gasteiger partial charge in [-0.2, -0.15) is 0 Å². The van der Waals surface area contributed by atoms with Crippen LogP contribution in [0.1, 0.15) is 19.4 Å². The average Bonchev–Trinajstić information content (AvgIpc) is 2.61. The summed E-state index contributed by atoms with van der Waals surface area (Å²) in [6, 6.07) is 7.74. The summed E-state index contributed by atoms with van der Waals surface area (Å²) in [4.78, 5) is 11.4. The maximum atomic E-state index is 13.7. The number of sulfone groups is 1. The van der Waals surface area contributed by atoms with Gasteiger partial charge < -0.3 is 9.84 Å². The highest BCUT2D eigenvalue weighted by atomic mass is 35.5. The summed E-state index contributed by atoms with van der Waals surface area (Å²) in [6.07, 6.45) is 0. The molecule has 0 aliphatic rings. The Labute approximate surface area is 170 Å². The Balaban J connectivity index is 2.44. The number of carbonyl (C=O) groups is 1. The van der Waals surface area contributed by atoms with Gasteiger partial charge in [-0.25, -0.2) is 22.0 Å². The van der Waals surface area contributed by atoms with E-state index in [2.05, 4.69) is 0 Å². The number of carboxylic acids is 1. The second kappa shape index (κ2) is 8.67. The lowest BCUT2D eigenvalue weighted by atomic mass is 10.1. The van der Waals surface area contributed by atoms with Crippen LogP contribution in [0.5, 0.6) is 5.75 Å². The molecule has 0 spiro atoms. The van der Waals surface area contributed by atoms with Gasteiger partial charge in [0.25, 0.3) is 5.92 Å². The van der Waals surface area contributed by atoms with E-state index in [-0.39, 0.29) is 31.9 Å². The van der Waals surface area contributed by atoms with E-state index in [1.165, 1.54) is 37.3 Å². The number of halogens is 3. The molecule has 2 aromatic carbocycles. The van der Waals surface area contributed by atoms with E-state index in [0.717, 1.165) is 24.8 Å². The predicted molar refractivity (Wildman–Crippen MR) is 102 cm³/mol. The maximum absolute atomic E-state index is 13.7. The largest absolute Gasteiger partial charge is 0.481 e. The highest BCUT2D eigenvalue weighted by Crippen LogP contribution is 2.41. The minimum Gasteiger partial charge on any atom is -0.481 e. The first kappa shape index (κ1) is 22.4. The van der Waals surface area contributed by atoms with Gasteiger partial charge in [-0.05, 0) is 36.4 Å². The summed E-state index contributed by atoms with van der Waals surface area (Å²) >= 11 is 7.16. The van der Waals surface area contributed by atoms with Crippen molar-refractivity contribution in [1.82, 2.24) is 0 Å². The SMILES string of the molecule is CCS(=O)(=O)c1ccc(Sc2cc(C(C)(F)F)ccc2OCC(=O)O)c(Cl)c1. The molecule has 2 aromatic rings. The van der Waals surface area contributed by atoms with Crippen molar-refractivity contribution in [3.63, 3.8) is 0 Å². The van der Waals surface area contributed by atoms with Crippen molar-refractivity contribution in [3.8, 4) is 5.75 Å². The molecule has 0 amide bonds. The molecular formula is C18H17ClF2O5S2. The van der Waals surface area contributed by atoms with Gasteiger partial charge in [-0.1, -0.05) is 30.3 Å². The number of aliphatic carboxylic acids is 1. The van der Waals surface area contributed by atoms with E-state index in [1.54, 1.807) is 0 Å². The van der Waals surface area contributed by atoms with Crippen LogP contribution in [0.25, 0.3) is 0 Å². The normalized spacial score (nSPS) is 12.0. The molecule has 10 heteroatoms. The molecule has 0 radical (unpaired) electrons. The van der Waals surface area contributed by atoms with Crippen molar-refractivity contribution in [1.29, 1.82) is 0 Å². The summed E-state index contributed by atoms with van der Waals surface area (Å²) in [6.45, 7) is 1.61. The highest BCUT2D eigenvalue weighted by Gasteiger charge is 2.26. The lowest BCUT2D eigenvalue weighted by Gasteiger charge is -2.16.